The first-order chi connectivity index (χ1) is 12.7. The van der Waals surface area contributed by atoms with Crippen LogP contribution in [-0.2, 0) is 6.42 Å². The molecule has 3 aromatic heterocycles. The third-order valence-electron chi connectivity index (χ3n) is 4.04. The normalized spacial score (nSPS) is 10.8. The quantitative estimate of drug-likeness (QED) is 0.508. The molecule has 8 heteroatoms. The maximum atomic E-state index is 4.34. The average molecular weight is 346 g/mol. The zero-order valence-electron chi connectivity index (χ0n) is 14.5. The molecule has 0 saturated carbocycles. The van der Waals surface area contributed by atoms with Gasteiger partial charge >= 0.3 is 0 Å². The molecule has 0 aliphatic heterocycles. The van der Waals surface area contributed by atoms with Crippen LogP contribution in [0.25, 0.3) is 11.2 Å². The summed E-state index contributed by atoms with van der Waals surface area (Å²) in [5.74, 6) is 1.45. The Labute approximate surface area is 150 Å². The number of aromatic amines is 1. The van der Waals surface area contributed by atoms with Crippen LogP contribution in [0.3, 0.4) is 0 Å². The van der Waals surface area contributed by atoms with Crippen LogP contribution in [0.4, 0.5) is 23.0 Å². The lowest BCUT2D eigenvalue weighted by molar-refractivity contribution is 1.10. The number of nitrogens with zero attached hydrogens (tertiary/aromatic N) is 5. The Morgan fingerprint density at radius 1 is 0.962 bits per heavy atom. The molecule has 0 atom stereocenters. The van der Waals surface area contributed by atoms with Crippen molar-refractivity contribution >= 4 is 34.2 Å². The zero-order valence-corrected chi connectivity index (χ0v) is 14.5. The van der Waals surface area contributed by atoms with Gasteiger partial charge in [-0.1, -0.05) is 13.0 Å². The number of benzene rings is 1. The number of hydrogen-bond donors (Lipinski definition) is 3. The SMILES string of the molecule is CCc1ccc(Nc2cc(C)ncn2)cc1Nc1ncnc2nc[nH]c12. The van der Waals surface area contributed by atoms with Gasteiger partial charge in [0.15, 0.2) is 11.5 Å². The topological polar surface area (TPSA) is 104 Å². The van der Waals surface area contributed by atoms with Gasteiger partial charge in [-0.2, -0.15) is 0 Å². The molecular weight excluding hydrogens is 328 g/mol. The molecule has 0 fully saturated rings. The highest BCUT2D eigenvalue weighted by atomic mass is 15.1. The summed E-state index contributed by atoms with van der Waals surface area (Å²) in [6.45, 7) is 4.05. The molecule has 8 nitrogen and oxygen atoms in total. The summed E-state index contributed by atoms with van der Waals surface area (Å²) in [6.07, 6.45) is 5.56. The van der Waals surface area contributed by atoms with Crippen LogP contribution in [0.1, 0.15) is 18.2 Å². The Balaban J connectivity index is 1.67. The largest absolute Gasteiger partial charge is 0.340 e. The molecule has 1 aromatic carbocycles. The van der Waals surface area contributed by atoms with Gasteiger partial charge in [0.05, 0.1) is 6.33 Å². The number of rotatable bonds is 5. The Kier molecular flexibility index (Phi) is 4.14. The molecule has 0 amide bonds. The lowest BCUT2D eigenvalue weighted by atomic mass is 10.1. The van der Waals surface area contributed by atoms with Gasteiger partial charge in [-0.15, -0.1) is 0 Å². The van der Waals surface area contributed by atoms with Crippen LogP contribution in [0, 0.1) is 6.92 Å². The second-order valence-corrected chi connectivity index (χ2v) is 5.84. The van der Waals surface area contributed by atoms with Crippen molar-refractivity contribution < 1.29 is 0 Å². The minimum absolute atomic E-state index is 0.631. The van der Waals surface area contributed by atoms with Crippen molar-refractivity contribution in [1.82, 2.24) is 29.9 Å². The molecule has 4 aromatic rings. The van der Waals surface area contributed by atoms with Crippen LogP contribution in [0.15, 0.2) is 43.2 Å². The van der Waals surface area contributed by atoms with E-state index in [0.717, 1.165) is 34.8 Å². The monoisotopic (exact) mass is 346 g/mol. The fourth-order valence-electron chi connectivity index (χ4n) is 2.74. The zero-order chi connectivity index (χ0) is 17.9. The molecule has 4 rings (SSSR count). The Bertz CT molecular complexity index is 1060. The van der Waals surface area contributed by atoms with E-state index >= 15 is 0 Å². The molecule has 0 aliphatic rings. The van der Waals surface area contributed by atoms with Gasteiger partial charge in [-0.05, 0) is 31.0 Å². The number of H-pyrrole nitrogens is 1. The minimum atomic E-state index is 0.631. The molecule has 0 bridgehead atoms. The number of anilines is 4. The Morgan fingerprint density at radius 3 is 2.69 bits per heavy atom. The van der Waals surface area contributed by atoms with E-state index in [2.05, 4.69) is 53.5 Å². The smallest absolute Gasteiger partial charge is 0.182 e. The fraction of sp³-hybridized carbons (Fsp3) is 0.167. The summed E-state index contributed by atoms with van der Waals surface area (Å²) in [7, 11) is 0. The number of aromatic nitrogens is 6. The number of nitrogens with one attached hydrogen (secondary N) is 3. The van der Waals surface area contributed by atoms with Crippen LogP contribution >= 0.6 is 0 Å². The highest BCUT2D eigenvalue weighted by Crippen LogP contribution is 2.28. The molecule has 130 valence electrons. The molecule has 0 radical (unpaired) electrons. The first kappa shape index (κ1) is 15.9. The van der Waals surface area contributed by atoms with E-state index in [4.69, 9.17) is 0 Å². The van der Waals surface area contributed by atoms with Gasteiger partial charge in [-0.3, -0.25) is 0 Å². The van der Waals surface area contributed by atoms with Crippen molar-refractivity contribution in [2.24, 2.45) is 0 Å². The van der Waals surface area contributed by atoms with Crippen molar-refractivity contribution in [3.05, 3.63) is 54.5 Å². The lowest BCUT2D eigenvalue weighted by Gasteiger charge is -2.14. The van der Waals surface area contributed by atoms with E-state index in [1.165, 1.54) is 11.9 Å². The second kappa shape index (κ2) is 6.75. The Hall–Kier alpha value is -3.55. The van der Waals surface area contributed by atoms with Crippen molar-refractivity contribution in [2.45, 2.75) is 20.3 Å². The van der Waals surface area contributed by atoms with Gasteiger partial charge in [-0.25, -0.2) is 24.9 Å². The van der Waals surface area contributed by atoms with Crippen LogP contribution in [0.5, 0.6) is 0 Å². The summed E-state index contributed by atoms with van der Waals surface area (Å²) in [5, 5.41) is 6.71. The first-order valence-electron chi connectivity index (χ1n) is 8.32. The summed E-state index contributed by atoms with van der Waals surface area (Å²) < 4.78 is 0. The van der Waals surface area contributed by atoms with Gasteiger partial charge < -0.3 is 15.6 Å². The minimum Gasteiger partial charge on any atom is -0.340 e. The molecule has 0 aliphatic carbocycles. The van der Waals surface area contributed by atoms with E-state index < -0.39 is 0 Å². The standard InChI is InChI=1S/C18H18N8/c1-3-12-4-5-13(25-15-6-11(2)19-8-20-15)7-14(12)26-18-16-17(22-9-21-16)23-10-24-18/h4-10H,3H2,1-2H3,(H,19,20,25)(H2,21,22,23,24,26). The van der Waals surface area contributed by atoms with Crippen LogP contribution in [0.2, 0.25) is 0 Å². The summed E-state index contributed by atoms with van der Waals surface area (Å²) in [6, 6.07) is 8.07. The second-order valence-electron chi connectivity index (χ2n) is 5.84. The van der Waals surface area contributed by atoms with Gasteiger partial charge in [0.1, 0.15) is 24.0 Å². The summed E-state index contributed by atoms with van der Waals surface area (Å²) in [4.78, 5) is 24.1. The Morgan fingerprint density at radius 2 is 1.85 bits per heavy atom. The number of fused-ring (bicyclic) bond motifs is 1. The van der Waals surface area contributed by atoms with Gasteiger partial charge in [0.25, 0.3) is 0 Å². The predicted molar refractivity (Wildman–Crippen MR) is 101 cm³/mol. The van der Waals surface area contributed by atoms with E-state index in [1.54, 1.807) is 12.7 Å². The highest BCUT2D eigenvalue weighted by Gasteiger charge is 2.09. The van der Waals surface area contributed by atoms with E-state index in [0.29, 0.717) is 11.5 Å². The highest BCUT2D eigenvalue weighted by molar-refractivity contribution is 5.85. The third-order valence-corrected chi connectivity index (χ3v) is 4.04. The van der Waals surface area contributed by atoms with E-state index in [1.807, 2.05) is 25.1 Å². The molecule has 3 N–H and O–H groups in total. The number of aryl methyl sites for hydroxylation is 2. The van der Waals surface area contributed by atoms with E-state index in [-0.39, 0.29) is 0 Å². The lowest BCUT2D eigenvalue weighted by Crippen LogP contribution is -2.01. The van der Waals surface area contributed by atoms with E-state index in [9.17, 15) is 0 Å². The maximum Gasteiger partial charge on any atom is 0.182 e. The van der Waals surface area contributed by atoms with Crippen molar-refractivity contribution in [2.75, 3.05) is 10.6 Å². The van der Waals surface area contributed by atoms with Gasteiger partial charge in [0, 0.05) is 23.1 Å². The molecule has 0 spiro atoms. The number of imidazole rings is 1. The molecular formula is C18H18N8. The van der Waals surface area contributed by atoms with Gasteiger partial charge in [0.2, 0.25) is 0 Å². The van der Waals surface area contributed by atoms with Crippen molar-refractivity contribution in [1.29, 1.82) is 0 Å². The third kappa shape index (κ3) is 3.16. The molecule has 0 unspecified atom stereocenters. The maximum absolute atomic E-state index is 4.34. The summed E-state index contributed by atoms with van der Waals surface area (Å²) in [5.41, 5.74) is 5.40. The van der Waals surface area contributed by atoms with Crippen molar-refractivity contribution in [3.63, 3.8) is 0 Å². The molecule has 3 heterocycles. The fourth-order valence-corrected chi connectivity index (χ4v) is 2.74. The number of hydrogen-bond acceptors (Lipinski definition) is 7. The average Bonchev–Trinajstić information content (AvgIpc) is 3.12. The van der Waals surface area contributed by atoms with Crippen molar-refractivity contribution in [3.8, 4) is 0 Å². The molecule has 0 saturated heterocycles. The molecule has 26 heavy (non-hydrogen) atoms. The van der Waals surface area contributed by atoms with Crippen LogP contribution in [-0.4, -0.2) is 29.9 Å². The van der Waals surface area contributed by atoms with Crippen LogP contribution < -0.4 is 10.6 Å². The predicted octanol–water partition coefficient (Wildman–Crippen LogP) is 3.50. The first-order valence-corrected chi connectivity index (χ1v) is 8.32. The summed E-state index contributed by atoms with van der Waals surface area (Å²) >= 11 is 0.